The summed E-state index contributed by atoms with van der Waals surface area (Å²) in [5.74, 6) is 0. The molecule has 3 nitrogen and oxygen atoms in total. The van der Waals surface area contributed by atoms with Crippen molar-refractivity contribution in [2.24, 2.45) is 0 Å². The van der Waals surface area contributed by atoms with Crippen LogP contribution < -0.4 is 26.2 Å². The van der Waals surface area contributed by atoms with E-state index < -0.39 is 16.2 Å². The van der Waals surface area contributed by atoms with Crippen LogP contribution >= 0.6 is 0 Å². The number of para-hydroxylation sites is 2. The fraction of sp³-hybridized carbons (Fsp3) is 0.0286. The molecular formula is C105H62BN3. The molecule has 500 valence electrons. The first-order chi connectivity index (χ1) is 54.1. The SMILES string of the molecule is c1ccc(-c2ccc3c(c2)B2c4cc5c(cc4N(c4cccc6c4C4(c7ccccc7-c7ccccc74)c4ccccc4-6)c4cc(-n6c7ccccc7c7ccccc76)cc(c42)N3c2ccc3c(c2)-c2ccccc2C32c3ccccc3-c3ccccc32)-c2ccccc2C52c3ccccc3-c3ccccc32)cc1. The second kappa shape index (κ2) is 20.8. The Balaban J connectivity index is 0.835. The number of hydrogen-bond donors (Lipinski definition) is 0. The van der Waals surface area contributed by atoms with E-state index >= 15 is 0 Å². The number of benzene rings is 17. The minimum absolute atomic E-state index is 0.280. The molecule has 4 heteroatoms. The van der Waals surface area contributed by atoms with Gasteiger partial charge >= 0.3 is 0 Å². The van der Waals surface area contributed by atoms with Crippen molar-refractivity contribution < 1.29 is 0 Å². The van der Waals surface area contributed by atoms with E-state index in [1.54, 1.807) is 0 Å². The molecule has 3 spiro atoms. The highest BCUT2D eigenvalue weighted by Crippen LogP contribution is 2.69. The second-order valence-corrected chi connectivity index (χ2v) is 31.1. The Labute approximate surface area is 631 Å². The van der Waals surface area contributed by atoms with Gasteiger partial charge in [0.15, 0.2) is 0 Å². The molecule has 0 amide bonds. The quantitative estimate of drug-likeness (QED) is 0.163. The number of aromatic nitrogens is 1. The van der Waals surface area contributed by atoms with E-state index in [4.69, 9.17) is 0 Å². The molecule has 26 rings (SSSR count). The lowest BCUT2D eigenvalue weighted by Crippen LogP contribution is -2.61. The van der Waals surface area contributed by atoms with Crippen molar-refractivity contribution in [3.05, 3.63) is 443 Å². The zero-order valence-electron chi connectivity index (χ0n) is 59.2. The molecule has 2 aliphatic heterocycles. The maximum absolute atomic E-state index is 2.80. The smallest absolute Gasteiger partial charge is 0.252 e. The molecule has 0 radical (unpaired) electrons. The highest BCUT2D eigenvalue weighted by atomic mass is 15.2. The molecular weight excluding hydrogens is 1310 g/mol. The molecule has 0 saturated carbocycles. The van der Waals surface area contributed by atoms with E-state index in [0.29, 0.717) is 0 Å². The van der Waals surface area contributed by atoms with Gasteiger partial charge in [-0.1, -0.05) is 322 Å². The van der Waals surface area contributed by atoms with Gasteiger partial charge in [0.25, 0.3) is 6.71 Å². The van der Waals surface area contributed by atoms with Crippen LogP contribution in [0.15, 0.2) is 376 Å². The van der Waals surface area contributed by atoms with Gasteiger partial charge in [-0.2, -0.15) is 0 Å². The topological polar surface area (TPSA) is 11.4 Å². The zero-order valence-corrected chi connectivity index (χ0v) is 59.2. The molecule has 0 bridgehead atoms. The number of hydrogen-bond acceptors (Lipinski definition) is 2. The minimum Gasteiger partial charge on any atom is -0.311 e. The normalized spacial score (nSPS) is 15.0. The van der Waals surface area contributed by atoms with Crippen molar-refractivity contribution in [1.82, 2.24) is 4.57 Å². The van der Waals surface area contributed by atoms with Crippen molar-refractivity contribution in [1.29, 1.82) is 0 Å². The lowest BCUT2D eigenvalue weighted by Gasteiger charge is -2.46. The van der Waals surface area contributed by atoms with E-state index in [0.717, 1.165) is 45.2 Å². The summed E-state index contributed by atoms with van der Waals surface area (Å²) in [6.45, 7) is -0.280. The summed E-state index contributed by atoms with van der Waals surface area (Å²) >= 11 is 0. The van der Waals surface area contributed by atoms with Gasteiger partial charge in [0.1, 0.15) is 0 Å². The molecule has 0 N–H and O–H groups in total. The van der Waals surface area contributed by atoms with Crippen molar-refractivity contribution in [3.8, 4) is 83.6 Å². The van der Waals surface area contributed by atoms with E-state index in [2.05, 4.69) is 390 Å². The molecule has 17 aromatic carbocycles. The van der Waals surface area contributed by atoms with Crippen LogP contribution in [0.25, 0.3) is 105 Å². The summed E-state index contributed by atoms with van der Waals surface area (Å²) in [6, 6.07) is 146. The molecule has 0 fully saturated rings. The lowest BCUT2D eigenvalue weighted by molar-refractivity contribution is 0.792. The largest absolute Gasteiger partial charge is 0.311 e. The molecule has 18 aromatic rings. The van der Waals surface area contributed by atoms with E-state index in [-0.39, 0.29) is 6.71 Å². The molecule has 1 aromatic heterocycles. The van der Waals surface area contributed by atoms with Crippen LogP contribution in [0.2, 0.25) is 0 Å². The number of rotatable bonds is 4. The van der Waals surface area contributed by atoms with Crippen LogP contribution in [0.4, 0.5) is 34.1 Å². The van der Waals surface area contributed by atoms with Gasteiger partial charge in [-0.05, 0) is 210 Å². The van der Waals surface area contributed by atoms with Crippen molar-refractivity contribution in [2.45, 2.75) is 16.2 Å². The monoisotopic (exact) mass is 1380 g/mol. The van der Waals surface area contributed by atoms with E-state index in [9.17, 15) is 0 Å². The van der Waals surface area contributed by atoms with Crippen LogP contribution in [0.5, 0.6) is 0 Å². The summed E-state index contributed by atoms with van der Waals surface area (Å²) < 4.78 is 2.57. The molecule has 0 unspecified atom stereocenters. The zero-order chi connectivity index (χ0) is 70.7. The van der Waals surface area contributed by atoms with Crippen molar-refractivity contribution in [3.63, 3.8) is 0 Å². The highest BCUT2D eigenvalue weighted by molar-refractivity contribution is 7.00. The number of nitrogens with zero attached hydrogens (tertiary/aromatic N) is 3. The first kappa shape index (κ1) is 58.5. The Morgan fingerprint density at radius 1 is 0.202 bits per heavy atom. The third-order valence-corrected chi connectivity index (χ3v) is 26.6. The first-order valence-electron chi connectivity index (χ1n) is 38.4. The van der Waals surface area contributed by atoms with Gasteiger partial charge in [-0.3, -0.25) is 0 Å². The van der Waals surface area contributed by atoms with Gasteiger partial charge in [-0.25, -0.2) is 0 Å². The van der Waals surface area contributed by atoms with Gasteiger partial charge in [0, 0.05) is 44.8 Å². The van der Waals surface area contributed by atoms with Gasteiger partial charge in [0.05, 0.1) is 38.7 Å². The Morgan fingerprint density at radius 2 is 0.587 bits per heavy atom. The van der Waals surface area contributed by atoms with Crippen LogP contribution in [-0.4, -0.2) is 11.3 Å². The second-order valence-electron chi connectivity index (χ2n) is 31.1. The standard InChI is InChI=1S/C105H62BN3/c1-2-27-63(28-3-1)64-53-56-96-92(57-64)106-93-62-91-80(75-37-12-20-46-86(75)104(91)83-43-17-6-31-69(83)70-32-7-18-44-84(70)104)61-98(93)109(97-52-26-40-78-73-35-10-23-49-89(73)105(101(78)97)87-47-21-8-33-71(87)72-34-9-22-48-88(72)105)100-60-66(108-94-50-24-13-38-76(94)77-39-14-25-51-95(77)108)59-99(102(100)106)107(96)65-54-55-90-79(58-65)74-36-11-19-45-85(74)103(90)81-41-15-4-29-67(81)68-30-5-16-42-82(68)103/h1-62H. The molecule has 109 heavy (non-hydrogen) atoms. The van der Waals surface area contributed by atoms with Crippen LogP contribution in [0, 0.1) is 0 Å². The fourth-order valence-corrected chi connectivity index (χ4v) is 22.8. The molecule has 0 saturated heterocycles. The van der Waals surface area contributed by atoms with Gasteiger partial charge < -0.3 is 14.4 Å². The summed E-state index contributed by atoms with van der Waals surface area (Å²) in [5, 5.41) is 2.44. The van der Waals surface area contributed by atoms with Crippen molar-refractivity contribution >= 4 is 79.0 Å². The van der Waals surface area contributed by atoms with Gasteiger partial charge in [-0.15, -0.1) is 0 Å². The van der Waals surface area contributed by atoms with E-state index in [1.165, 1.54) is 177 Å². The third-order valence-electron chi connectivity index (χ3n) is 26.6. The molecule has 0 atom stereocenters. The maximum Gasteiger partial charge on any atom is 0.252 e. The fourth-order valence-electron chi connectivity index (χ4n) is 22.8. The number of fused-ring (bicyclic) bond motifs is 37. The average Bonchev–Trinajstić information content (AvgIpc) is 1.56. The molecule has 3 heterocycles. The summed E-state index contributed by atoms with van der Waals surface area (Å²) in [5.41, 5.74) is 45.8. The van der Waals surface area contributed by atoms with Crippen LogP contribution in [0.1, 0.15) is 66.8 Å². The van der Waals surface area contributed by atoms with E-state index in [1.807, 2.05) is 0 Å². The Morgan fingerprint density at radius 3 is 1.09 bits per heavy atom. The molecule has 6 aliphatic carbocycles. The Kier molecular flexibility index (Phi) is 11.2. The summed E-state index contributed by atoms with van der Waals surface area (Å²) in [4.78, 5) is 5.49. The minimum atomic E-state index is -0.691. The Bertz CT molecular complexity index is 6960. The summed E-state index contributed by atoms with van der Waals surface area (Å²) in [7, 11) is 0. The van der Waals surface area contributed by atoms with Crippen molar-refractivity contribution in [2.75, 3.05) is 9.80 Å². The van der Waals surface area contributed by atoms with Crippen LogP contribution in [0.3, 0.4) is 0 Å². The number of anilines is 6. The molecule has 8 aliphatic rings. The highest BCUT2D eigenvalue weighted by Gasteiger charge is 2.58. The summed E-state index contributed by atoms with van der Waals surface area (Å²) in [6.07, 6.45) is 0. The first-order valence-corrected chi connectivity index (χ1v) is 38.4. The van der Waals surface area contributed by atoms with Gasteiger partial charge in [0.2, 0.25) is 0 Å². The predicted octanol–water partition coefficient (Wildman–Crippen LogP) is 23.6. The maximum atomic E-state index is 2.80. The predicted molar refractivity (Wildman–Crippen MR) is 449 cm³/mol. The third kappa shape index (κ3) is 6.96. The average molecular weight is 1380 g/mol. The lowest BCUT2D eigenvalue weighted by atomic mass is 9.33. The Hall–Kier alpha value is -13.8. The van der Waals surface area contributed by atoms with Crippen LogP contribution in [-0.2, 0) is 16.2 Å².